The summed E-state index contributed by atoms with van der Waals surface area (Å²) in [5.74, 6) is -1.85. The Bertz CT molecular complexity index is 992. The van der Waals surface area contributed by atoms with Crippen molar-refractivity contribution in [2.45, 2.75) is 37.0 Å². The number of ether oxygens (including phenoxy) is 2. The molecule has 0 aliphatic carbocycles. The second-order valence-electron chi connectivity index (χ2n) is 7.19. The van der Waals surface area contributed by atoms with Crippen LogP contribution in [0.1, 0.15) is 22.1 Å². The molecule has 33 heavy (non-hydrogen) atoms. The van der Waals surface area contributed by atoms with Gasteiger partial charge >= 0.3 is 20.2 Å². The quantitative estimate of drug-likeness (QED) is 0.0945. The number of aliphatic hydroxyl groups excluding tert-OH is 2. The minimum Gasteiger partial charge on any atom is -0.388 e. The summed E-state index contributed by atoms with van der Waals surface area (Å²) in [6, 6.07) is 10.8. The summed E-state index contributed by atoms with van der Waals surface area (Å²) >= 11 is 0. The van der Waals surface area contributed by atoms with E-state index in [4.69, 9.17) is 20.5 Å². The molecule has 13 heteroatoms. The Hall–Kier alpha value is -2.67. The van der Waals surface area contributed by atoms with E-state index < -0.39 is 57.4 Å². The van der Waals surface area contributed by atoms with Gasteiger partial charge in [-0.2, -0.15) is 4.57 Å². The molecule has 1 unspecified atom stereocenters. The second kappa shape index (κ2) is 11.5. The fourth-order valence-electron chi connectivity index (χ4n) is 3.22. The molecule has 0 amide bonds. The SMILES string of the molecule is N[C@@H](Cc1ccccc1)C(=O)OC(=O)c1ccc[n+]([C@@H]2O[C@H](CO[P+](=O)OO)[C@@H](O)[C@H]2O)c1. The van der Waals surface area contributed by atoms with Crippen molar-refractivity contribution >= 4 is 20.2 Å². The highest BCUT2D eigenvalue weighted by Crippen LogP contribution is 2.29. The van der Waals surface area contributed by atoms with Crippen LogP contribution < -0.4 is 10.3 Å². The first-order valence-electron chi connectivity index (χ1n) is 9.79. The molecule has 3 rings (SSSR count). The van der Waals surface area contributed by atoms with Gasteiger partial charge in [-0.05, 0) is 18.1 Å². The molecule has 2 aromatic rings. The van der Waals surface area contributed by atoms with Crippen LogP contribution in [0.25, 0.3) is 0 Å². The van der Waals surface area contributed by atoms with Gasteiger partial charge in [-0.1, -0.05) is 30.3 Å². The summed E-state index contributed by atoms with van der Waals surface area (Å²) in [5, 5.41) is 28.7. The van der Waals surface area contributed by atoms with Crippen molar-refractivity contribution in [2.24, 2.45) is 5.73 Å². The minimum atomic E-state index is -2.82. The number of carbonyl (C=O) groups is 2. The van der Waals surface area contributed by atoms with Gasteiger partial charge in [0.2, 0.25) is 0 Å². The van der Waals surface area contributed by atoms with Gasteiger partial charge in [0.25, 0.3) is 6.23 Å². The van der Waals surface area contributed by atoms with Gasteiger partial charge < -0.3 is 25.4 Å². The van der Waals surface area contributed by atoms with Crippen molar-refractivity contribution in [3.63, 3.8) is 0 Å². The molecule has 1 fully saturated rings. The van der Waals surface area contributed by atoms with Gasteiger partial charge in [0, 0.05) is 10.6 Å². The molecule has 1 saturated heterocycles. The van der Waals surface area contributed by atoms with Gasteiger partial charge in [-0.25, -0.2) is 14.8 Å². The molecule has 6 atom stereocenters. The Morgan fingerprint density at radius 3 is 2.58 bits per heavy atom. The molecule has 1 aliphatic rings. The van der Waals surface area contributed by atoms with E-state index >= 15 is 0 Å². The van der Waals surface area contributed by atoms with Crippen LogP contribution in [0.5, 0.6) is 0 Å². The van der Waals surface area contributed by atoms with Crippen LogP contribution in [0.15, 0.2) is 54.9 Å². The van der Waals surface area contributed by atoms with Gasteiger partial charge in [0.15, 0.2) is 18.5 Å². The molecule has 1 aromatic carbocycles. The molecule has 12 nitrogen and oxygen atoms in total. The number of pyridine rings is 1. The number of nitrogens with zero attached hydrogens (tertiary/aromatic N) is 1. The van der Waals surface area contributed by atoms with E-state index in [9.17, 15) is 24.4 Å². The topological polar surface area (TPSA) is 179 Å². The van der Waals surface area contributed by atoms with E-state index in [1.54, 1.807) is 24.3 Å². The number of aliphatic hydroxyl groups is 2. The summed E-state index contributed by atoms with van der Waals surface area (Å²) in [6.07, 6.45) is -2.16. The lowest BCUT2D eigenvalue weighted by atomic mass is 10.1. The fraction of sp³-hybridized carbons (Fsp3) is 0.350. The molecule has 0 spiro atoms. The molecule has 1 aliphatic heterocycles. The number of rotatable bonds is 9. The van der Waals surface area contributed by atoms with Crippen molar-refractivity contribution in [3.05, 3.63) is 66.0 Å². The Kier molecular flexibility index (Phi) is 8.67. The zero-order valence-electron chi connectivity index (χ0n) is 17.2. The van der Waals surface area contributed by atoms with Crippen LogP contribution in [-0.2, 0) is 34.5 Å². The predicted octanol–water partition coefficient (Wildman–Crippen LogP) is 0.0103. The first-order chi connectivity index (χ1) is 15.8. The maximum absolute atomic E-state index is 12.4. The van der Waals surface area contributed by atoms with E-state index in [1.165, 1.54) is 29.1 Å². The highest BCUT2D eigenvalue weighted by molar-refractivity contribution is 7.33. The molecule has 0 saturated carbocycles. The average molecular weight is 482 g/mol. The van der Waals surface area contributed by atoms with Gasteiger partial charge in [-0.15, -0.1) is 4.52 Å². The smallest absolute Gasteiger partial charge is 0.388 e. The number of hydrogen-bond acceptors (Lipinski definition) is 11. The number of carbonyl (C=O) groups excluding carboxylic acids is 2. The third-order valence-corrected chi connectivity index (χ3v) is 5.39. The number of nitrogens with two attached hydrogens (primary N) is 1. The number of esters is 2. The van der Waals surface area contributed by atoms with E-state index in [0.717, 1.165) is 5.56 Å². The number of hydrogen-bond donors (Lipinski definition) is 4. The maximum atomic E-state index is 12.4. The first kappa shape index (κ1) is 25.0. The van der Waals surface area contributed by atoms with E-state index in [-0.39, 0.29) is 12.0 Å². The largest absolute Gasteiger partial charge is 0.728 e. The molecule has 0 bridgehead atoms. The third-order valence-electron chi connectivity index (χ3n) is 4.89. The zero-order chi connectivity index (χ0) is 24.0. The standard InChI is InChI=1S/C20H22N2O10P/c21-14(9-12-5-2-1-3-6-12)20(26)31-19(25)13-7-4-8-22(10-13)18-17(24)16(23)15(30-18)11-29-33(28)32-27/h1-8,10,14-18,23-24H,9,11,21H2/q+1/p+1/t14-,15+,16+,17+,18+/m0/s1. The van der Waals surface area contributed by atoms with Crippen molar-refractivity contribution in [2.75, 3.05) is 6.61 Å². The van der Waals surface area contributed by atoms with Crippen LogP contribution in [0.2, 0.25) is 0 Å². The van der Waals surface area contributed by atoms with Gasteiger partial charge in [0.05, 0.1) is 4.67 Å². The van der Waals surface area contributed by atoms with Crippen LogP contribution >= 0.6 is 8.25 Å². The fourth-order valence-corrected chi connectivity index (χ4v) is 3.54. The summed E-state index contributed by atoms with van der Waals surface area (Å²) in [5.41, 5.74) is 6.63. The Labute approximate surface area is 189 Å². The van der Waals surface area contributed by atoms with Crippen molar-refractivity contribution < 1.29 is 52.9 Å². The highest BCUT2D eigenvalue weighted by atomic mass is 31.1. The molecule has 0 radical (unpaired) electrons. The van der Waals surface area contributed by atoms with Crippen molar-refractivity contribution in [3.8, 4) is 0 Å². The van der Waals surface area contributed by atoms with Crippen molar-refractivity contribution in [1.29, 1.82) is 0 Å². The average Bonchev–Trinajstić information content (AvgIpc) is 3.11. The first-order valence-corrected chi connectivity index (χ1v) is 10.9. The lowest BCUT2D eigenvalue weighted by molar-refractivity contribution is -0.765. The lowest BCUT2D eigenvalue weighted by Crippen LogP contribution is -2.46. The second-order valence-corrected chi connectivity index (χ2v) is 8.06. The highest BCUT2D eigenvalue weighted by Gasteiger charge is 2.49. The van der Waals surface area contributed by atoms with Gasteiger partial charge in [0.1, 0.15) is 30.4 Å². The minimum absolute atomic E-state index is 0.0282. The van der Waals surface area contributed by atoms with E-state index in [2.05, 4.69) is 9.20 Å². The molecule has 5 N–H and O–H groups in total. The third kappa shape index (κ3) is 6.44. The summed E-state index contributed by atoms with van der Waals surface area (Å²) in [4.78, 5) is 24.7. The van der Waals surface area contributed by atoms with Crippen LogP contribution in [-0.4, -0.2) is 58.4 Å². The normalized spacial score (nSPS) is 23.7. The number of benzene rings is 1. The van der Waals surface area contributed by atoms with Gasteiger partial charge in [-0.3, -0.25) is 0 Å². The predicted molar refractivity (Wildman–Crippen MR) is 108 cm³/mol. The zero-order valence-corrected chi connectivity index (χ0v) is 18.1. The van der Waals surface area contributed by atoms with Crippen molar-refractivity contribution in [1.82, 2.24) is 0 Å². The molecule has 2 heterocycles. The Morgan fingerprint density at radius 1 is 1.15 bits per heavy atom. The Balaban J connectivity index is 1.63. The number of aromatic nitrogens is 1. The van der Waals surface area contributed by atoms with E-state index in [0.29, 0.717) is 0 Å². The molecule has 176 valence electrons. The molecular weight excluding hydrogens is 459 g/mol. The van der Waals surface area contributed by atoms with Crippen LogP contribution in [0.3, 0.4) is 0 Å². The lowest BCUT2D eigenvalue weighted by Gasteiger charge is -2.11. The van der Waals surface area contributed by atoms with E-state index in [1.807, 2.05) is 6.07 Å². The van der Waals surface area contributed by atoms with Crippen LogP contribution in [0.4, 0.5) is 0 Å². The summed E-state index contributed by atoms with van der Waals surface area (Å²) in [7, 11) is -2.82. The summed E-state index contributed by atoms with van der Waals surface area (Å²) in [6.45, 7) is -0.444. The monoisotopic (exact) mass is 482 g/mol. The maximum Gasteiger partial charge on any atom is 0.728 e. The Morgan fingerprint density at radius 2 is 1.88 bits per heavy atom. The molecule has 1 aromatic heterocycles. The summed E-state index contributed by atoms with van der Waals surface area (Å²) < 4.78 is 30.9. The van der Waals surface area contributed by atoms with Crippen LogP contribution in [0, 0.1) is 0 Å². The molecular formula is C20H23N2O10P+2.